The van der Waals surface area contributed by atoms with Crippen molar-refractivity contribution < 1.29 is 9.84 Å². The lowest BCUT2D eigenvalue weighted by atomic mass is 9.78. The fourth-order valence-corrected chi connectivity index (χ4v) is 3.78. The summed E-state index contributed by atoms with van der Waals surface area (Å²) in [5.74, 6) is 1.31. The lowest BCUT2D eigenvalue weighted by molar-refractivity contribution is 0.251. The molecule has 0 aromatic heterocycles. The molecule has 1 unspecified atom stereocenters. The van der Waals surface area contributed by atoms with Crippen molar-refractivity contribution in [1.82, 2.24) is 0 Å². The number of phenolic OH excluding ortho intramolecular Hbond substituents is 1. The van der Waals surface area contributed by atoms with Gasteiger partial charge >= 0.3 is 0 Å². The Labute approximate surface area is 170 Å². The molecule has 2 aromatic carbocycles. The molecule has 0 amide bonds. The minimum absolute atomic E-state index is 0.146. The topological polar surface area (TPSA) is 29.5 Å². The normalized spacial score (nSPS) is 17.0. The summed E-state index contributed by atoms with van der Waals surface area (Å²) in [4.78, 5) is 0. The number of hydrogen-bond acceptors (Lipinski definition) is 2. The van der Waals surface area contributed by atoms with E-state index in [1.165, 1.54) is 3.57 Å². The molecule has 26 heavy (non-hydrogen) atoms. The van der Waals surface area contributed by atoms with E-state index >= 15 is 0 Å². The van der Waals surface area contributed by atoms with E-state index in [2.05, 4.69) is 101 Å². The van der Waals surface area contributed by atoms with E-state index in [-0.39, 0.29) is 16.9 Å². The zero-order valence-corrected chi connectivity index (χ0v) is 18.5. The van der Waals surface area contributed by atoms with Gasteiger partial charge in [0, 0.05) is 9.13 Å². The van der Waals surface area contributed by atoms with Crippen LogP contribution in [-0.4, -0.2) is 5.11 Å². The number of ether oxygens (including phenoxy) is 1. The monoisotopic (exact) mass is 462 g/mol. The average molecular weight is 462 g/mol. The summed E-state index contributed by atoms with van der Waals surface area (Å²) < 4.78 is 7.47. The molecular formula is C23H27IO2. The molecule has 0 radical (unpaired) electrons. The van der Waals surface area contributed by atoms with Gasteiger partial charge < -0.3 is 9.84 Å². The third-order valence-electron chi connectivity index (χ3n) is 4.75. The first-order chi connectivity index (χ1) is 12.0. The van der Waals surface area contributed by atoms with Crippen LogP contribution in [0.3, 0.4) is 0 Å². The van der Waals surface area contributed by atoms with Crippen molar-refractivity contribution in [2.45, 2.75) is 58.5 Å². The van der Waals surface area contributed by atoms with Crippen LogP contribution < -0.4 is 4.74 Å². The van der Waals surface area contributed by atoms with Crippen molar-refractivity contribution >= 4 is 28.7 Å². The molecule has 0 saturated carbocycles. The maximum absolute atomic E-state index is 10.9. The van der Waals surface area contributed by atoms with Crippen molar-refractivity contribution in [3.63, 3.8) is 0 Å². The second-order valence-corrected chi connectivity index (χ2v) is 10.3. The van der Waals surface area contributed by atoms with Crippen molar-refractivity contribution in [3.8, 4) is 11.5 Å². The summed E-state index contributed by atoms with van der Waals surface area (Å²) in [6.45, 7) is 12.8. The summed E-state index contributed by atoms with van der Waals surface area (Å²) in [6, 6.07) is 10.4. The van der Waals surface area contributed by atoms with Crippen molar-refractivity contribution in [3.05, 3.63) is 62.2 Å². The molecule has 0 fully saturated rings. The Morgan fingerprint density at radius 1 is 0.923 bits per heavy atom. The van der Waals surface area contributed by atoms with Gasteiger partial charge in [0.05, 0.1) is 0 Å². The number of fused-ring (bicyclic) bond motifs is 1. The molecule has 2 aromatic rings. The SMILES string of the molecule is CC(C)(C)c1cc(C2C=Cc3cc(I)ccc3O2)cc(C(C)(C)C)c1O. The van der Waals surface area contributed by atoms with Gasteiger partial charge in [-0.1, -0.05) is 47.6 Å². The second-order valence-electron chi connectivity index (χ2n) is 9.04. The summed E-state index contributed by atoms with van der Waals surface area (Å²) in [5.41, 5.74) is 3.83. The number of benzene rings is 2. The smallest absolute Gasteiger partial charge is 0.142 e. The fourth-order valence-electron chi connectivity index (χ4n) is 3.27. The number of aromatic hydroxyl groups is 1. The van der Waals surface area contributed by atoms with Crippen molar-refractivity contribution in [2.24, 2.45) is 0 Å². The molecule has 138 valence electrons. The van der Waals surface area contributed by atoms with E-state index < -0.39 is 0 Å². The summed E-state index contributed by atoms with van der Waals surface area (Å²) >= 11 is 2.32. The van der Waals surface area contributed by atoms with Crippen LogP contribution in [0.15, 0.2) is 36.4 Å². The van der Waals surface area contributed by atoms with Gasteiger partial charge in [0.15, 0.2) is 0 Å². The third kappa shape index (κ3) is 3.78. The Hall–Kier alpha value is -1.49. The van der Waals surface area contributed by atoms with Gasteiger partial charge in [0.25, 0.3) is 0 Å². The van der Waals surface area contributed by atoms with Crippen LogP contribution >= 0.6 is 22.6 Å². The van der Waals surface area contributed by atoms with Crippen molar-refractivity contribution in [1.29, 1.82) is 0 Å². The first-order valence-corrected chi connectivity index (χ1v) is 10.1. The molecule has 1 aliphatic rings. The van der Waals surface area contributed by atoms with E-state index in [1.54, 1.807) is 0 Å². The molecule has 0 saturated heterocycles. The van der Waals surface area contributed by atoms with E-state index in [0.29, 0.717) is 5.75 Å². The Morgan fingerprint density at radius 2 is 1.50 bits per heavy atom. The van der Waals surface area contributed by atoms with E-state index in [1.807, 2.05) is 6.07 Å². The minimum Gasteiger partial charge on any atom is -0.507 e. The minimum atomic E-state index is -0.148. The lowest BCUT2D eigenvalue weighted by Gasteiger charge is -2.30. The van der Waals surface area contributed by atoms with Crippen LogP contribution in [0, 0.1) is 3.57 Å². The number of halogens is 1. The predicted octanol–water partition coefficient (Wildman–Crippen LogP) is 6.74. The molecule has 1 atom stereocenters. The molecule has 2 nitrogen and oxygen atoms in total. The molecule has 0 aliphatic carbocycles. The molecular weight excluding hydrogens is 435 g/mol. The third-order valence-corrected chi connectivity index (χ3v) is 5.42. The van der Waals surface area contributed by atoms with Gasteiger partial charge in [-0.3, -0.25) is 0 Å². The van der Waals surface area contributed by atoms with Crippen LogP contribution in [0.5, 0.6) is 11.5 Å². The van der Waals surface area contributed by atoms with Gasteiger partial charge in [0.2, 0.25) is 0 Å². The number of phenols is 1. The zero-order chi connectivity index (χ0) is 19.3. The second kappa shape index (κ2) is 6.59. The molecule has 3 heteroatoms. The predicted molar refractivity (Wildman–Crippen MR) is 117 cm³/mol. The van der Waals surface area contributed by atoms with Crippen LogP contribution in [0.1, 0.15) is 69.9 Å². The molecule has 0 bridgehead atoms. The standard InChI is InChI=1S/C23H27IO2/c1-22(2,3)17-12-15(13-18(21(17)25)23(4,5)6)20-9-7-14-11-16(24)8-10-19(14)26-20/h7-13,20,25H,1-6H3. The van der Waals surface area contributed by atoms with Crippen LogP contribution in [0.2, 0.25) is 0 Å². The van der Waals surface area contributed by atoms with E-state index in [4.69, 9.17) is 4.74 Å². The zero-order valence-electron chi connectivity index (χ0n) is 16.4. The highest BCUT2D eigenvalue weighted by molar-refractivity contribution is 14.1. The molecule has 1 N–H and O–H groups in total. The Kier molecular flexibility index (Phi) is 4.89. The summed E-state index contributed by atoms with van der Waals surface area (Å²) in [6.07, 6.45) is 4.08. The van der Waals surface area contributed by atoms with Crippen LogP contribution in [0.25, 0.3) is 6.08 Å². The lowest BCUT2D eigenvalue weighted by Crippen LogP contribution is -2.19. The van der Waals surface area contributed by atoms with Crippen LogP contribution in [0.4, 0.5) is 0 Å². The maximum atomic E-state index is 10.9. The van der Waals surface area contributed by atoms with Crippen LogP contribution in [-0.2, 0) is 10.8 Å². The number of hydrogen-bond donors (Lipinski definition) is 1. The van der Waals surface area contributed by atoms with Gasteiger partial charge in [0.1, 0.15) is 17.6 Å². The van der Waals surface area contributed by atoms with Gasteiger partial charge in [-0.25, -0.2) is 0 Å². The summed E-state index contributed by atoms with van der Waals surface area (Å²) in [5, 5.41) is 10.9. The largest absolute Gasteiger partial charge is 0.507 e. The van der Waals surface area contributed by atoms with E-state index in [9.17, 15) is 5.11 Å². The number of rotatable bonds is 1. The Balaban J connectivity index is 2.10. The van der Waals surface area contributed by atoms with Gasteiger partial charge in [-0.2, -0.15) is 0 Å². The first kappa shape index (κ1) is 19.3. The summed E-state index contributed by atoms with van der Waals surface area (Å²) in [7, 11) is 0. The Bertz CT molecular complexity index is 832. The quantitative estimate of drug-likeness (QED) is 0.476. The molecule has 3 rings (SSSR count). The maximum Gasteiger partial charge on any atom is 0.142 e. The van der Waals surface area contributed by atoms with Gasteiger partial charge in [-0.05, 0) is 86.5 Å². The highest BCUT2D eigenvalue weighted by Crippen LogP contribution is 2.42. The Morgan fingerprint density at radius 3 is 2.04 bits per heavy atom. The highest BCUT2D eigenvalue weighted by atomic mass is 127. The average Bonchev–Trinajstić information content (AvgIpc) is 2.52. The molecule has 1 heterocycles. The van der Waals surface area contributed by atoms with Gasteiger partial charge in [-0.15, -0.1) is 0 Å². The first-order valence-electron chi connectivity index (χ1n) is 8.99. The highest BCUT2D eigenvalue weighted by Gasteiger charge is 2.28. The molecule has 0 spiro atoms. The van der Waals surface area contributed by atoms with E-state index in [0.717, 1.165) is 28.0 Å². The fraction of sp³-hybridized carbons (Fsp3) is 0.391. The molecule has 1 aliphatic heterocycles. The van der Waals surface area contributed by atoms with Crippen molar-refractivity contribution in [2.75, 3.05) is 0 Å².